The molecule has 0 spiro atoms. The predicted molar refractivity (Wildman–Crippen MR) is 137 cm³/mol. The molecule has 0 atom stereocenters. The topological polar surface area (TPSA) is 64.0 Å². The molecule has 0 saturated carbocycles. The van der Waals surface area contributed by atoms with Crippen LogP contribution in [0.25, 0.3) is 16.6 Å². The molecule has 1 amide bonds. The highest BCUT2D eigenvalue weighted by Crippen LogP contribution is 2.23. The van der Waals surface area contributed by atoms with Crippen LogP contribution in [0.3, 0.4) is 0 Å². The van der Waals surface area contributed by atoms with Crippen LogP contribution in [0.5, 0.6) is 0 Å². The maximum absolute atomic E-state index is 13.1. The van der Waals surface area contributed by atoms with Crippen molar-refractivity contribution < 1.29 is 9.59 Å². The lowest BCUT2D eigenvalue weighted by molar-refractivity contribution is -0.128. The third kappa shape index (κ3) is 5.49. The molecule has 3 aromatic carbocycles. The van der Waals surface area contributed by atoms with Crippen molar-refractivity contribution in [1.82, 2.24) is 15.1 Å². The molecule has 1 N–H and O–H groups in total. The second kappa shape index (κ2) is 9.61. The van der Waals surface area contributed by atoms with Gasteiger partial charge >= 0.3 is 0 Å². The number of fused-ring (bicyclic) bond motifs is 1. The number of halogens is 2. The molecule has 4 aromatic rings. The molecule has 1 heterocycles. The molecule has 7 heteroatoms. The summed E-state index contributed by atoms with van der Waals surface area (Å²) in [5.74, 6) is -0.138. The van der Waals surface area contributed by atoms with E-state index >= 15 is 0 Å². The first-order valence-corrected chi connectivity index (χ1v) is 11.7. The lowest BCUT2D eigenvalue weighted by Crippen LogP contribution is -2.34. The summed E-state index contributed by atoms with van der Waals surface area (Å²) in [7, 11) is 0. The van der Waals surface area contributed by atoms with Gasteiger partial charge in [0.05, 0.1) is 16.2 Å². The number of amides is 1. The van der Waals surface area contributed by atoms with Crippen molar-refractivity contribution >= 4 is 45.8 Å². The third-order valence-corrected chi connectivity index (χ3v) is 6.07. The minimum atomic E-state index is -0.481. The van der Waals surface area contributed by atoms with Gasteiger partial charge in [-0.25, -0.2) is 4.68 Å². The Labute approximate surface area is 208 Å². The van der Waals surface area contributed by atoms with Gasteiger partial charge < -0.3 is 5.32 Å². The molecule has 34 heavy (non-hydrogen) atoms. The van der Waals surface area contributed by atoms with E-state index in [0.717, 1.165) is 27.7 Å². The van der Waals surface area contributed by atoms with Crippen molar-refractivity contribution in [2.24, 2.45) is 5.41 Å². The lowest BCUT2D eigenvalue weighted by atomic mass is 9.95. The lowest BCUT2D eigenvalue weighted by Gasteiger charge is -2.18. The van der Waals surface area contributed by atoms with Crippen molar-refractivity contribution in [3.8, 4) is 5.69 Å². The van der Waals surface area contributed by atoms with Crippen molar-refractivity contribution in [2.75, 3.05) is 0 Å². The fourth-order valence-electron chi connectivity index (χ4n) is 3.54. The normalized spacial score (nSPS) is 11.6. The average Bonchev–Trinajstić information content (AvgIpc) is 3.21. The van der Waals surface area contributed by atoms with E-state index in [2.05, 4.69) is 10.4 Å². The first-order valence-electron chi connectivity index (χ1n) is 10.9. The Bertz CT molecular complexity index is 1370. The van der Waals surface area contributed by atoms with E-state index < -0.39 is 5.41 Å². The van der Waals surface area contributed by atoms with Gasteiger partial charge in [0.1, 0.15) is 0 Å². The molecule has 0 fully saturated rings. The Kier molecular flexibility index (Phi) is 6.78. The molecule has 4 rings (SSSR count). The van der Waals surface area contributed by atoms with Crippen LogP contribution in [-0.2, 0) is 17.8 Å². The van der Waals surface area contributed by atoms with Crippen LogP contribution in [0.4, 0.5) is 0 Å². The van der Waals surface area contributed by atoms with Gasteiger partial charge in [-0.3, -0.25) is 9.59 Å². The summed E-state index contributed by atoms with van der Waals surface area (Å²) in [6.45, 7) is 5.91. The molecular weight excluding hydrogens is 469 g/mol. The third-order valence-electron chi connectivity index (χ3n) is 5.49. The fourth-order valence-corrected chi connectivity index (χ4v) is 3.88. The zero-order valence-corrected chi connectivity index (χ0v) is 20.7. The number of carbonyl (C=O) groups is 2. The molecule has 0 saturated heterocycles. The van der Waals surface area contributed by atoms with Crippen molar-refractivity contribution in [3.05, 3.63) is 93.6 Å². The van der Waals surface area contributed by atoms with Gasteiger partial charge in [-0.2, -0.15) is 5.10 Å². The van der Waals surface area contributed by atoms with Crippen LogP contribution in [0.15, 0.2) is 66.9 Å². The van der Waals surface area contributed by atoms with Gasteiger partial charge in [0.15, 0.2) is 5.78 Å². The number of rotatable bonds is 6. The number of Topliss-reactive ketones (excluding diaryl/α,β-unsaturated/α-hetero) is 1. The summed E-state index contributed by atoms with van der Waals surface area (Å²) in [5.41, 5.74) is 3.40. The standard InChI is InChI=1S/C27H25Cl2N3O2/c1-27(2,3)26(34)30-15-18-4-10-23(29)22(13-18)25(33)14-17-5-11-24-19(12-17)16-32(31-24)21-8-6-20(28)7-9-21/h4-13,16H,14-15H2,1-3H3,(H,30,34). The Balaban J connectivity index is 1.51. The fraction of sp³-hybridized carbons (Fsp3) is 0.222. The molecule has 0 unspecified atom stereocenters. The van der Waals surface area contributed by atoms with Crippen molar-refractivity contribution in [3.63, 3.8) is 0 Å². The van der Waals surface area contributed by atoms with Crippen molar-refractivity contribution in [2.45, 2.75) is 33.7 Å². The van der Waals surface area contributed by atoms with Crippen LogP contribution < -0.4 is 5.32 Å². The summed E-state index contributed by atoms with van der Waals surface area (Å²) in [6, 6.07) is 18.5. The summed E-state index contributed by atoms with van der Waals surface area (Å²) in [5, 5.41) is 9.50. The zero-order valence-electron chi connectivity index (χ0n) is 19.2. The highest BCUT2D eigenvalue weighted by Gasteiger charge is 2.21. The Morgan fingerprint density at radius 3 is 2.35 bits per heavy atom. The highest BCUT2D eigenvalue weighted by atomic mass is 35.5. The molecule has 5 nitrogen and oxygen atoms in total. The van der Waals surface area contributed by atoms with E-state index in [1.165, 1.54) is 0 Å². The number of carbonyl (C=O) groups excluding carboxylic acids is 2. The minimum absolute atomic E-state index is 0.0530. The van der Waals surface area contributed by atoms with Gasteiger partial charge in [-0.05, 0) is 59.7 Å². The van der Waals surface area contributed by atoms with Gasteiger partial charge in [0.2, 0.25) is 5.91 Å². The van der Waals surface area contributed by atoms with Crippen molar-refractivity contribution in [1.29, 1.82) is 0 Å². The maximum atomic E-state index is 13.1. The summed E-state index contributed by atoms with van der Waals surface area (Å²) < 4.78 is 1.79. The van der Waals surface area contributed by atoms with E-state index in [9.17, 15) is 9.59 Å². The van der Waals surface area contributed by atoms with Crippen LogP contribution in [0, 0.1) is 5.41 Å². The van der Waals surface area contributed by atoms with Crippen LogP contribution in [0.2, 0.25) is 10.0 Å². The number of nitrogens with zero attached hydrogens (tertiary/aromatic N) is 2. The molecule has 0 radical (unpaired) electrons. The second-order valence-electron chi connectivity index (χ2n) is 9.29. The molecule has 0 bridgehead atoms. The van der Waals surface area contributed by atoms with E-state index in [0.29, 0.717) is 22.2 Å². The molecule has 0 aliphatic carbocycles. The number of nitrogens with one attached hydrogen (secondary N) is 1. The minimum Gasteiger partial charge on any atom is -0.352 e. The SMILES string of the molecule is CC(C)(C)C(=O)NCc1ccc(Cl)c(C(=O)Cc2ccc3nn(-c4ccc(Cl)cc4)cc3c2)c1. The molecule has 0 aliphatic heterocycles. The van der Waals surface area contributed by atoms with E-state index in [1.807, 2.05) is 75.5 Å². The van der Waals surface area contributed by atoms with Gasteiger partial charge in [-0.15, -0.1) is 0 Å². The molecule has 0 aliphatic rings. The Hall–Kier alpha value is -3.15. The number of hydrogen-bond acceptors (Lipinski definition) is 3. The molecule has 174 valence electrons. The predicted octanol–water partition coefficient (Wildman–Crippen LogP) is 6.42. The summed E-state index contributed by atoms with van der Waals surface area (Å²) >= 11 is 12.3. The summed E-state index contributed by atoms with van der Waals surface area (Å²) in [4.78, 5) is 25.2. The number of ketones is 1. The first kappa shape index (κ1) is 24.0. The van der Waals surface area contributed by atoms with Crippen LogP contribution >= 0.6 is 23.2 Å². The van der Waals surface area contributed by atoms with E-state index in [-0.39, 0.29) is 18.1 Å². The Morgan fingerprint density at radius 1 is 0.941 bits per heavy atom. The van der Waals surface area contributed by atoms with Crippen LogP contribution in [0.1, 0.15) is 42.3 Å². The first-order chi connectivity index (χ1) is 16.1. The molecular formula is C27H25Cl2N3O2. The number of aromatic nitrogens is 2. The second-order valence-corrected chi connectivity index (χ2v) is 10.1. The van der Waals surface area contributed by atoms with Gasteiger partial charge in [0.25, 0.3) is 0 Å². The smallest absolute Gasteiger partial charge is 0.225 e. The van der Waals surface area contributed by atoms with Gasteiger partial charge in [0, 0.05) is 40.5 Å². The molecule has 1 aromatic heterocycles. The zero-order chi connectivity index (χ0) is 24.5. The highest BCUT2D eigenvalue weighted by molar-refractivity contribution is 6.34. The monoisotopic (exact) mass is 493 g/mol. The Morgan fingerprint density at radius 2 is 1.65 bits per heavy atom. The number of hydrogen-bond donors (Lipinski definition) is 1. The largest absolute Gasteiger partial charge is 0.352 e. The van der Waals surface area contributed by atoms with E-state index in [4.69, 9.17) is 23.2 Å². The summed E-state index contributed by atoms with van der Waals surface area (Å²) in [6.07, 6.45) is 2.14. The maximum Gasteiger partial charge on any atom is 0.225 e. The van der Waals surface area contributed by atoms with Crippen LogP contribution in [-0.4, -0.2) is 21.5 Å². The van der Waals surface area contributed by atoms with E-state index in [1.54, 1.807) is 16.8 Å². The average molecular weight is 494 g/mol. The van der Waals surface area contributed by atoms with Gasteiger partial charge in [-0.1, -0.05) is 56.1 Å². The quantitative estimate of drug-likeness (QED) is 0.315. The number of benzene rings is 3.